The van der Waals surface area contributed by atoms with Crippen LogP contribution in [-0.4, -0.2) is 34.7 Å². The zero-order valence-corrected chi connectivity index (χ0v) is 18.6. The second-order valence-electron chi connectivity index (χ2n) is 7.51. The molecule has 1 atom stereocenters. The maximum absolute atomic E-state index is 14.6. The van der Waals surface area contributed by atoms with Crippen LogP contribution in [0.15, 0.2) is 53.3 Å². The number of halogens is 3. The summed E-state index contributed by atoms with van der Waals surface area (Å²) in [4.78, 5) is 40.9. The predicted molar refractivity (Wildman–Crippen MR) is 119 cm³/mol. The van der Waals surface area contributed by atoms with Crippen LogP contribution in [-0.2, 0) is 10.3 Å². The van der Waals surface area contributed by atoms with Crippen molar-refractivity contribution in [2.24, 2.45) is 0 Å². The molecular formula is C22H17F3N4O4S. The molecule has 176 valence electrons. The molecule has 2 heterocycles. The van der Waals surface area contributed by atoms with Crippen LogP contribution in [0.4, 0.5) is 19.0 Å². The van der Waals surface area contributed by atoms with E-state index >= 15 is 0 Å². The summed E-state index contributed by atoms with van der Waals surface area (Å²) in [6.45, 7) is 1.81. The predicted octanol–water partition coefficient (Wildman–Crippen LogP) is 3.35. The van der Waals surface area contributed by atoms with Gasteiger partial charge >= 0.3 is 6.18 Å². The lowest BCUT2D eigenvalue weighted by atomic mass is 9.91. The summed E-state index contributed by atoms with van der Waals surface area (Å²) in [6, 6.07) is 12.1. The zero-order valence-electron chi connectivity index (χ0n) is 17.7. The Morgan fingerprint density at radius 2 is 1.76 bits per heavy atom. The highest BCUT2D eigenvalue weighted by atomic mass is 32.1. The monoisotopic (exact) mass is 490 g/mol. The van der Waals surface area contributed by atoms with Crippen molar-refractivity contribution in [3.8, 4) is 11.4 Å². The number of ether oxygens (including phenoxy) is 1. The van der Waals surface area contributed by atoms with Crippen molar-refractivity contribution in [1.29, 1.82) is 0 Å². The third-order valence-electron chi connectivity index (χ3n) is 5.43. The number of anilines is 1. The van der Waals surface area contributed by atoms with Gasteiger partial charge in [-0.25, -0.2) is 0 Å². The van der Waals surface area contributed by atoms with E-state index in [1.165, 1.54) is 31.4 Å². The first-order valence-corrected chi connectivity index (χ1v) is 10.2. The number of nitrogens with one attached hydrogen (secondary N) is 3. The summed E-state index contributed by atoms with van der Waals surface area (Å²) in [5.74, 6) is -3.41. The van der Waals surface area contributed by atoms with Gasteiger partial charge in [0.1, 0.15) is 17.1 Å². The van der Waals surface area contributed by atoms with Crippen molar-refractivity contribution in [3.05, 3.63) is 80.3 Å². The summed E-state index contributed by atoms with van der Waals surface area (Å²) in [5, 5.41) is 3.87. The molecule has 3 aromatic rings. The van der Waals surface area contributed by atoms with Crippen LogP contribution in [0.2, 0.25) is 0 Å². The Bertz CT molecular complexity index is 1430. The molecule has 1 aromatic heterocycles. The van der Waals surface area contributed by atoms with Gasteiger partial charge in [-0.2, -0.15) is 13.2 Å². The first kappa shape index (κ1) is 23.2. The molecule has 0 radical (unpaired) electrons. The van der Waals surface area contributed by atoms with Crippen LogP contribution in [0.3, 0.4) is 0 Å². The number of fused-ring (bicyclic) bond motifs is 1. The number of aromatic amines is 1. The first-order chi connectivity index (χ1) is 16.0. The van der Waals surface area contributed by atoms with Crippen molar-refractivity contribution in [2.45, 2.75) is 18.6 Å². The molecule has 12 heteroatoms. The number of para-hydroxylation sites is 1. The standard InChI is InChI=1S/C22H17F3N4O4S/c1-11-7-9-12(10-8-11)29-16-15(18(31)27-20(29)34)21(19(32)26-16,22(23,24)25)28-17(30)13-5-3-4-6-14(13)33-2/h3-10H,1-2H3,(H,26,32)(H,28,30)(H,27,31,34). The van der Waals surface area contributed by atoms with Crippen molar-refractivity contribution < 1.29 is 27.5 Å². The molecule has 0 aliphatic carbocycles. The van der Waals surface area contributed by atoms with Gasteiger partial charge < -0.3 is 15.4 Å². The van der Waals surface area contributed by atoms with Gasteiger partial charge in [-0.15, -0.1) is 0 Å². The first-order valence-electron chi connectivity index (χ1n) is 9.82. The van der Waals surface area contributed by atoms with Crippen molar-refractivity contribution in [3.63, 3.8) is 0 Å². The van der Waals surface area contributed by atoms with Crippen LogP contribution >= 0.6 is 12.2 Å². The lowest BCUT2D eigenvalue weighted by molar-refractivity contribution is -0.196. The Morgan fingerprint density at radius 3 is 2.38 bits per heavy atom. The Kier molecular flexibility index (Phi) is 5.56. The van der Waals surface area contributed by atoms with E-state index in [9.17, 15) is 27.6 Å². The molecule has 0 bridgehead atoms. The van der Waals surface area contributed by atoms with Crippen molar-refractivity contribution >= 4 is 29.9 Å². The van der Waals surface area contributed by atoms with Crippen molar-refractivity contribution in [2.75, 3.05) is 12.4 Å². The van der Waals surface area contributed by atoms with E-state index in [2.05, 4.69) is 10.3 Å². The molecule has 2 aromatic carbocycles. The van der Waals surface area contributed by atoms with Gasteiger partial charge in [0.05, 0.1) is 12.7 Å². The summed E-state index contributed by atoms with van der Waals surface area (Å²) >= 11 is 5.17. The van der Waals surface area contributed by atoms with Gasteiger partial charge in [-0.05, 0) is 43.4 Å². The number of amides is 2. The molecule has 2 amide bonds. The number of rotatable bonds is 4. The second kappa shape index (κ2) is 8.13. The molecule has 4 rings (SSSR count). The Balaban J connectivity index is 1.97. The van der Waals surface area contributed by atoms with E-state index in [4.69, 9.17) is 17.0 Å². The number of hydrogen-bond donors (Lipinski definition) is 3. The van der Waals surface area contributed by atoms with E-state index < -0.39 is 40.5 Å². The largest absolute Gasteiger partial charge is 0.496 e. The number of aromatic nitrogens is 2. The Hall–Kier alpha value is -3.93. The van der Waals surface area contributed by atoms with Gasteiger partial charge in [0, 0.05) is 5.69 Å². The van der Waals surface area contributed by atoms with Crippen LogP contribution < -0.4 is 20.9 Å². The molecule has 1 aliphatic rings. The number of hydrogen-bond acceptors (Lipinski definition) is 5. The molecule has 1 aliphatic heterocycles. The third-order valence-corrected chi connectivity index (χ3v) is 5.71. The maximum atomic E-state index is 14.6. The van der Waals surface area contributed by atoms with Gasteiger partial charge in [0.25, 0.3) is 22.9 Å². The highest BCUT2D eigenvalue weighted by Crippen LogP contribution is 2.46. The maximum Gasteiger partial charge on any atom is 0.425 e. The minimum atomic E-state index is -5.39. The highest BCUT2D eigenvalue weighted by Gasteiger charge is 2.68. The third kappa shape index (κ3) is 3.46. The summed E-state index contributed by atoms with van der Waals surface area (Å²) in [6.07, 6.45) is -5.39. The molecule has 3 N–H and O–H groups in total. The molecular weight excluding hydrogens is 473 g/mol. The molecule has 0 saturated carbocycles. The van der Waals surface area contributed by atoms with Gasteiger partial charge in [-0.3, -0.25) is 23.9 Å². The zero-order chi connectivity index (χ0) is 24.8. The number of aryl methyl sites for hydroxylation is 1. The summed E-state index contributed by atoms with van der Waals surface area (Å²) in [7, 11) is 1.24. The molecule has 0 fully saturated rings. The van der Waals surface area contributed by atoms with E-state index in [0.29, 0.717) is 5.69 Å². The highest BCUT2D eigenvalue weighted by molar-refractivity contribution is 7.71. The van der Waals surface area contributed by atoms with E-state index in [1.807, 2.05) is 6.92 Å². The number of carbonyl (C=O) groups excluding carboxylic acids is 2. The lowest BCUT2D eigenvalue weighted by Gasteiger charge is -2.30. The van der Waals surface area contributed by atoms with Gasteiger partial charge in [-0.1, -0.05) is 29.8 Å². The number of nitrogens with zero attached hydrogens (tertiary/aromatic N) is 1. The average molecular weight is 490 g/mol. The van der Waals surface area contributed by atoms with E-state index in [1.54, 1.807) is 29.6 Å². The van der Waals surface area contributed by atoms with E-state index in [-0.39, 0.29) is 16.1 Å². The average Bonchev–Trinajstić information content (AvgIpc) is 3.08. The molecule has 0 spiro atoms. The normalized spacial score (nSPS) is 17.1. The lowest BCUT2D eigenvalue weighted by Crippen LogP contribution is -2.61. The topological polar surface area (TPSA) is 105 Å². The van der Waals surface area contributed by atoms with Crippen LogP contribution in [0.5, 0.6) is 5.75 Å². The summed E-state index contributed by atoms with van der Waals surface area (Å²) in [5.41, 5.74) is -5.05. The second-order valence-corrected chi connectivity index (χ2v) is 7.90. The van der Waals surface area contributed by atoms with Crippen LogP contribution in [0.25, 0.3) is 5.69 Å². The minimum Gasteiger partial charge on any atom is -0.496 e. The SMILES string of the molecule is COc1ccccc1C(=O)NC1(C(F)(F)F)C(=O)Nc2c1c(=O)[nH]c(=S)n2-c1ccc(C)cc1. The van der Waals surface area contributed by atoms with Crippen LogP contribution in [0, 0.1) is 11.7 Å². The van der Waals surface area contributed by atoms with Gasteiger partial charge in [0.2, 0.25) is 0 Å². The summed E-state index contributed by atoms with van der Waals surface area (Å²) < 4.78 is 49.6. The molecule has 0 saturated heterocycles. The Morgan fingerprint density at radius 1 is 1.12 bits per heavy atom. The van der Waals surface area contributed by atoms with Crippen molar-refractivity contribution in [1.82, 2.24) is 14.9 Å². The molecule has 34 heavy (non-hydrogen) atoms. The van der Waals surface area contributed by atoms with E-state index in [0.717, 1.165) is 10.1 Å². The minimum absolute atomic E-state index is 0.0134. The number of alkyl halides is 3. The fourth-order valence-corrected chi connectivity index (χ4v) is 4.08. The number of H-pyrrole nitrogens is 1. The Labute approximate surface area is 195 Å². The number of benzene rings is 2. The van der Waals surface area contributed by atoms with Crippen LogP contribution in [0.1, 0.15) is 21.5 Å². The molecule has 1 unspecified atom stereocenters. The van der Waals surface area contributed by atoms with Gasteiger partial charge in [0.15, 0.2) is 4.77 Å². The quantitative estimate of drug-likeness (QED) is 0.487. The number of carbonyl (C=O) groups is 2. The molecule has 8 nitrogen and oxygen atoms in total. The fourth-order valence-electron chi connectivity index (χ4n) is 3.79. The fraction of sp³-hybridized carbons (Fsp3) is 0.182. The number of methoxy groups -OCH3 is 1. The smallest absolute Gasteiger partial charge is 0.425 e.